The molecule has 0 spiro atoms. The predicted molar refractivity (Wildman–Crippen MR) is 115 cm³/mol. The van der Waals surface area contributed by atoms with E-state index in [4.69, 9.17) is 4.74 Å². The molecule has 0 fully saturated rings. The standard InChI is InChI=1S/C23H26N4O2/c1-17(2)29-20-12-10-19(11-13-20)25-23(28)21-14-15-22(27-26-21)24-16-6-9-18-7-4-3-5-8-18/h3-5,7-8,10-15,17H,6,9,16H2,1-2H3,(H,24,27)(H,25,28). The first kappa shape index (κ1) is 20.3. The average Bonchev–Trinajstić information content (AvgIpc) is 2.73. The molecule has 3 aromatic rings. The SMILES string of the molecule is CC(C)Oc1ccc(NC(=O)c2ccc(NCCCc3ccccc3)nn2)cc1. The molecule has 1 heterocycles. The molecule has 0 aliphatic carbocycles. The molecule has 0 bridgehead atoms. The van der Waals surface area contributed by atoms with Gasteiger partial charge >= 0.3 is 0 Å². The maximum absolute atomic E-state index is 12.3. The summed E-state index contributed by atoms with van der Waals surface area (Å²) in [5.74, 6) is 1.12. The van der Waals surface area contributed by atoms with Gasteiger partial charge in [-0.25, -0.2) is 0 Å². The normalized spacial score (nSPS) is 10.6. The molecule has 0 aliphatic heterocycles. The molecule has 2 N–H and O–H groups in total. The molecule has 0 saturated carbocycles. The molecule has 6 heteroatoms. The summed E-state index contributed by atoms with van der Waals surface area (Å²) in [5.41, 5.74) is 2.26. The van der Waals surface area contributed by atoms with Gasteiger partial charge in [0.1, 0.15) is 11.6 Å². The van der Waals surface area contributed by atoms with Gasteiger partial charge in [-0.2, -0.15) is 0 Å². The number of nitrogens with one attached hydrogen (secondary N) is 2. The number of nitrogens with zero attached hydrogens (tertiary/aromatic N) is 2. The number of anilines is 2. The van der Waals surface area contributed by atoms with E-state index in [1.807, 2.05) is 44.2 Å². The topological polar surface area (TPSA) is 76.1 Å². The maximum Gasteiger partial charge on any atom is 0.276 e. The van der Waals surface area contributed by atoms with E-state index in [0.29, 0.717) is 11.5 Å². The largest absolute Gasteiger partial charge is 0.491 e. The van der Waals surface area contributed by atoms with Crippen molar-refractivity contribution in [3.8, 4) is 5.75 Å². The minimum atomic E-state index is -0.300. The van der Waals surface area contributed by atoms with Crippen molar-refractivity contribution in [3.05, 3.63) is 78.0 Å². The summed E-state index contributed by atoms with van der Waals surface area (Å²) in [6.07, 6.45) is 2.10. The molecule has 1 aromatic heterocycles. The summed E-state index contributed by atoms with van der Waals surface area (Å²) in [5, 5.41) is 14.2. The molecule has 29 heavy (non-hydrogen) atoms. The number of carbonyl (C=O) groups excluding carboxylic acids is 1. The summed E-state index contributed by atoms with van der Waals surface area (Å²) in [6, 6.07) is 21.0. The molecule has 0 saturated heterocycles. The Kier molecular flexibility index (Phi) is 7.16. The average molecular weight is 390 g/mol. The van der Waals surface area contributed by atoms with Crippen molar-refractivity contribution in [2.24, 2.45) is 0 Å². The van der Waals surface area contributed by atoms with E-state index in [2.05, 4.69) is 33.0 Å². The van der Waals surface area contributed by atoms with E-state index < -0.39 is 0 Å². The van der Waals surface area contributed by atoms with Crippen LogP contribution in [0.4, 0.5) is 11.5 Å². The zero-order valence-electron chi connectivity index (χ0n) is 16.8. The lowest BCUT2D eigenvalue weighted by atomic mass is 10.1. The fourth-order valence-corrected chi connectivity index (χ4v) is 2.79. The zero-order chi connectivity index (χ0) is 20.5. The Labute approximate surface area is 171 Å². The van der Waals surface area contributed by atoms with Crippen molar-refractivity contribution in [2.75, 3.05) is 17.2 Å². The van der Waals surface area contributed by atoms with Crippen LogP contribution in [-0.2, 0) is 6.42 Å². The quantitative estimate of drug-likeness (QED) is 0.524. The summed E-state index contributed by atoms with van der Waals surface area (Å²) in [7, 11) is 0. The molecule has 1 amide bonds. The zero-order valence-corrected chi connectivity index (χ0v) is 16.8. The number of ether oxygens (including phenoxy) is 1. The van der Waals surface area contributed by atoms with Crippen LogP contribution in [0.25, 0.3) is 0 Å². The highest BCUT2D eigenvalue weighted by Gasteiger charge is 2.09. The summed E-state index contributed by atoms with van der Waals surface area (Å²) in [6.45, 7) is 4.73. The number of aryl methyl sites for hydroxylation is 1. The number of rotatable bonds is 9. The highest BCUT2D eigenvalue weighted by atomic mass is 16.5. The van der Waals surface area contributed by atoms with Crippen LogP contribution in [0.5, 0.6) is 5.75 Å². The number of hydrogen-bond acceptors (Lipinski definition) is 5. The minimum absolute atomic E-state index is 0.108. The first-order valence-corrected chi connectivity index (χ1v) is 9.80. The Balaban J connectivity index is 1.45. The van der Waals surface area contributed by atoms with E-state index in [1.54, 1.807) is 24.3 Å². The van der Waals surface area contributed by atoms with Crippen molar-refractivity contribution >= 4 is 17.4 Å². The van der Waals surface area contributed by atoms with Crippen LogP contribution >= 0.6 is 0 Å². The number of aromatic nitrogens is 2. The lowest BCUT2D eigenvalue weighted by molar-refractivity contribution is 0.102. The van der Waals surface area contributed by atoms with Crippen LogP contribution in [0, 0.1) is 0 Å². The van der Waals surface area contributed by atoms with Gasteiger partial charge < -0.3 is 15.4 Å². The van der Waals surface area contributed by atoms with Gasteiger partial charge in [0.05, 0.1) is 6.10 Å². The number of benzene rings is 2. The highest BCUT2D eigenvalue weighted by Crippen LogP contribution is 2.17. The van der Waals surface area contributed by atoms with E-state index in [0.717, 1.165) is 25.1 Å². The second-order valence-corrected chi connectivity index (χ2v) is 6.96. The first-order valence-electron chi connectivity index (χ1n) is 9.80. The molecule has 150 valence electrons. The predicted octanol–water partition coefficient (Wildman–Crippen LogP) is 4.56. The van der Waals surface area contributed by atoms with Crippen molar-refractivity contribution in [3.63, 3.8) is 0 Å². The summed E-state index contributed by atoms with van der Waals surface area (Å²) < 4.78 is 5.60. The van der Waals surface area contributed by atoms with Gasteiger partial charge in [0.15, 0.2) is 5.69 Å². The number of hydrogen-bond donors (Lipinski definition) is 2. The van der Waals surface area contributed by atoms with E-state index in [-0.39, 0.29) is 17.7 Å². The van der Waals surface area contributed by atoms with Crippen LogP contribution in [0.2, 0.25) is 0 Å². The highest BCUT2D eigenvalue weighted by molar-refractivity contribution is 6.02. The van der Waals surface area contributed by atoms with Crippen LogP contribution in [0.1, 0.15) is 36.3 Å². The second kappa shape index (κ2) is 10.2. The van der Waals surface area contributed by atoms with Crippen molar-refractivity contribution in [1.82, 2.24) is 10.2 Å². The van der Waals surface area contributed by atoms with Crippen LogP contribution in [-0.4, -0.2) is 28.8 Å². The Morgan fingerprint density at radius 3 is 2.38 bits per heavy atom. The lowest BCUT2D eigenvalue weighted by Crippen LogP contribution is -2.15. The Hall–Kier alpha value is -3.41. The van der Waals surface area contributed by atoms with Crippen molar-refractivity contribution in [2.45, 2.75) is 32.8 Å². The van der Waals surface area contributed by atoms with Gasteiger partial charge in [0, 0.05) is 12.2 Å². The second-order valence-electron chi connectivity index (χ2n) is 6.96. The third kappa shape index (κ3) is 6.60. The molecule has 0 radical (unpaired) electrons. The minimum Gasteiger partial charge on any atom is -0.491 e. The van der Waals surface area contributed by atoms with E-state index in [9.17, 15) is 4.79 Å². The maximum atomic E-state index is 12.3. The summed E-state index contributed by atoms with van der Waals surface area (Å²) >= 11 is 0. The molecule has 6 nitrogen and oxygen atoms in total. The third-order valence-electron chi connectivity index (χ3n) is 4.17. The fourth-order valence-electron chi connectivity index (χ4n) is 2.79. The molecule has 0 atom stereocenters. The molecular formula is C23H26N4O2. The lowest BCUT2D eigenvalue weighted by Gasteiger charge is -2.10. The third-order valence-corrected chi connectivity index (χ3v) is 4.17. The monoisotopic (exact) mass is 390 g/mol. The number of carbonyl (C=O) groups is 1. The molecule has 2 aromatic carbocycles. The van der Waals surface area contributed by atoms with Gasteiger partial charge in [0.25, 0.3) is 5.91 Å². The van der Waals surface area contributed by atoms with Gasteiger partial charge in [-0.15, -0.1) is 10.2 Å². The Morgan fingerprint density at radius 1 is 0.966 bits per heavy atom. The van der Waals surface area contributed by atoms with Gasteiger partial charge in [0.2, 0.25) is 0 Å². The van der Waals surface area contributed by atoms with Gasteiger partial charge in [-0.3, -0.25) is 4.79 Å². The number of amides is 1. The van der Waals surface area contributed by atoms with Crippen molar-refractivity contribution < 1.29 is 9.53 Å². The molecule has 3 rings (SSSR count). The molecule has 0 aliphatic rings. The molecular weight excluding hydrogens is 364 g/mol. The van der Waals surface area contributed by atoms with Crippen LogP contribution in [0.3, 0.4) is 0 Å². The van der Waals surface area contributed by atoms with Crippen molar-refractivity contribution in [1.29, 1.82) is 0 Å². The van der Waals surface area contributed by atoms with Crippen LogP contribution < -0.4 is 15.4 Å². The van der Waals surface area contributed by atoms with Crippen LogP contribution in [0.15, 0.2) is 66.7 Å². The van der Waals surface area contributed by atoms with E-state index >= 15 is 0 Å². The van der Waals surface area contributed by atoms with E-state index in [1.165, 1.54) is 5.56 Å². The van der Waals surface area contributed by atoms with Gasteiger partial charge in [-0.1, -0.05) is 30.3 Å². The van der Waals surface area contributed by atoms with Gasteiger partial charge in [-0.05, 0) is 68.7 Å². The fraction of sp³-hybridized carbons (Fsp3) is 0.261. The first-order chi connectivity index (χ1) is 14.1. The summed E-state index contributed by atoms with van der Waals surface area (Å²) in [4.78, 5) is 12.3. The Morgan fingerprint density at radius 2 is 1.72 bits per heavy atom. The Bertz CT molecular complexity index is 894. The smallest absolute Gasteiger partial charge is 0.276 e. The molecule has 0 unspecified atom stereocenters.